The Morgan fingerprint density at radius 1 is 1.21 bits per heavy atom. The smallest absolute Gasteiger partial charge is 0.270 e. The first-order valence-corrected chi connectivity index (χ1v) is 8.11. The number of hydrogen-bond donors (Lipinski definition) is 1. The number of hydrogen-bond acceptors (Lipinski definition) is 3. The third-order valence-electron chi connectivity index (χ3n) is 3.28. The molecule has 1 aromatic carbocycles. The van der Waals surface area contributed by atoms with Crippen molar-refractivity contribution in [2.75, 3.05) is 0 Å². The summed E-state index contributed by atoms with van der Waals surface area (Å²) in [6.07, 6.45) is 1.56. The molecular weight excluding hydrogens is 349 g/mol. The van der Waals surface area contributed by atoms with E-state index in [2.05, 4.69) is 10.4 Å². The third-order valence-corrected chi connectivity index (χ3v) is 4.02. The minimum absolute atomic E-state index is 0.00159. The number of benzene rings is 1. The summed E-state index contributed by atoms with van der Waals surface area (Å²) >= 11 is 12.1. The fourth-order valence-electron chi connectivity index (χ4n) is 2.24. The molecule has 0 bridgehead atoms. The number of rotatable bonds is 4. The van der Waals surface area contributed by atoms with Crippen LogP contribution in [0.1, 0.15) is 24.3 Å². The zero-order valence-electron chi connectivity index (χ0n) is 13.1. The Bertz CT molecular complexity index is 870. The van der Waals surface area contributed by atoms with E-state index in [1.54, 1.807) is 42.7 Å². The lowest BCUT2D eigenvalue weighted by molar-refractivity contribution is 0.0935. The molecule has 0 radical (unpaired) electrons. The van der Waals surface area contributed by atoms with E-state index >= 15 is 0 Å². The molecule has 1 amide bonds. The lowest BCUT2D eigenvalue weighted by Gasteiger charge is -2.11. The molecule has 0 saturated heterocycles. The summed E-state index contributed by atoms with van der Waals surface area (Å²) in [6.45, 7) is 3.79. The van der Waals surface area contributed by atoms with Gasteiger partial charge in [-0.1, -0.05) is 23.2 Å². The Morgan fingerprint density at radius 3 is 2.62 bits per heavy atom. The second-order valence-electron chi connectivity index (χ2n) is 5.53. The Kier molecular flexibility index (Phi) is 4.64. The molecule has 0 aliphatic carbocycles. The van der Waals surface area contributed by atoms with Gasteiger partial charge in [-0.3, -0.25) is 4.79 Å². The van der Waals surface area contributed by atoms with Crippen LogP contribution in [0.15, 0.2) is 47.1 Å². The molecule has 1 N–H and O–H groups in total. The van der Waals surface area contributed by atoms with Gasteiger partial charge in [0.25, 0.3) is 5.91 Å². The molecule has 0 unspecified atom stereocenters. The van der Waals surface area contributed by atoms with Gasteiger partial charge in [0, 0.05) is 12.1 Å². The first kappa shape index (κ1) is 16.6. The van der Waals surface area contributed by atoms with Crippen LogP contribution in [0.5, 0.6) is 0 Å². The van der Waals surface area contributed by atoms with Crippen LogP contribution >= 0.6 is 23.2 Å². The molecule has 2 heterocycles. The van der Waals surface area contributed by atoms with Crippen molar-refractivity contribution in [3.8, 4) is 17.1 Å². The summed E-state index contributed by atoms with van der Waals surface area (Å²) in [5.74, 6) is 0.341. The van der Waals surface area contributed by atoms with Gasteiger partial charge in [0.05, 0.1) is 22.0 Å². The third kappa shape index (κ3) is 3.32. The molecule has 0 aliphatic heterocycles. The normalized spacial score (nSPS) is 11.0. The Hall–Kier alpha value is -2.24. The van der Waals surface area contributed by atoms with Crippen LogP contribution in [0, 0.1) is 0 Å². The summed E-state index contributed by atoms with van der Waals surface area (Å²) in [5, 5.41) is 8.17. The highest BCUT2D eigenvalue weighted by atomic mass is 35.5. The first-order valence-electron chi connectivity index (χ1n) is 7.36. The largest absolute Gasteiger partial charge is 0.463 e. The lowest BCUT2D eigenvalue weighted by Crippen LogP contribution is -2.31. The summed E-state index contributed by atoms with van der Waals surface area (Å²) < 4.78 is 6.90. The van der Waals surface area contributed by atoms with Gasteiger partial charge < -0.3 is 9.73 Å². The van der Waals surface area contributed by atoms with Crippen molar-refractivity contribution in [1.29, 1.82) is 0 Å². The molecule has 0 spiro atoms. The molecule has 7 heteroatoms. The van der Waals surface area contributed by atoms with E-state index in [9.17, 15) is 4.79 Å². The van der Waals surface area contributed by atoms with E-state index in [0.29, 0.717) is 32.9 Å². The van der Waals surface area contributed by atoms with Gasteiger partial charge in [0.2, 0.25) is 0 Å². The molecule has 0 aliphatic rings. The Morgan fingerprint density at radius 2 is 2.00 bits per heavy atom. The highest BCUT2D eigenvalue weighted by molar-refractivity contribution is 6.42. The van der Waals surface area contributed by atoms with Crippen molar-refractivity contribution in [2.24, 2.45) is 0 Å². The van der Waals surface area contributed by atoms with Crippen LogP contribution in [0.25, 0.3) is 17.1 Å². The van der Waals surface area contributed by atoms with Gasteiger partial charge >= 0.3 is 0 Å². The molecule has 0 saturated carbocycles. The van der Waals surface area contributed by atoms with Crippen LogP contribution < -0.4 is 5.32 Å². The average molecular weight is 364 g/mol. The van der Waals surface area contributed by atoms with E-state index in [4.69, 9.17) is 27.6 Å². The van der Waals surface area contributed by atoms with Crippen molar-refractivity contribution in [1.82, 2.24) is 15.1 Å². The molecular formula is C17H15Cl2N3O2. The molecule has 2 aromatic heterocycles. The van der Waals surface area contributed by atoms with Gasteiger partial charge in [-0.05, 0) is 44.2 Å². The maximum Gasteiger partial charge on any atom is 0.270 e. The van der Waals surface area contributed by atoms with Crippen LogP contribution in [0.4, 0.5) is 0 Å². The van der Waals surface area contributed by atoms with Crippen LogP contribution in [0.3, 0.4) is 0 Å². The number of nitrogens with zero attached hydrogens (tertiary/aromatic N) is 2. The topological polar surface area (TPSA) is 60.1 Å². The zero-order chi connectivity index (χ0) is 17.3. The number of carbonyl (C=O) groups is 1. The highest BCUT2D eigenvalue weighted by Crippen LogP contribution is 2.27. The number of halogens is 2. The Labute approximate surface area is 149 Å². The van der Waals surface area contributed by atoms with Crippen molar-refractivity contribution in [2.45, 2.75) is 19.9 Å². The summed E-state index contributed by atoms with van der Waals surface area (Å²) in [4.78, 5) is 12.5. The Balaban J connectivity index is 2.11. The van der Waals surface area contributed by atoms with E-state index in [0.717, 1.165) is 0 Å². The molecule has 3 aromatic rings. The van der Waals surface area contributed by atoms with Gasteiger partial charge in [-0.15, -0.1) is 0 Å². The van der Waals surface area contributed by atoms with E-state index in [-0.39, 0.29) is 11.9 Å². The van der Waals surface area contributed by atoms with E-state index in [1.807, 2.05) is 13.8 Å². The minimum Gasteiger partial charge on any atom is -0.463 e. The predicted molar refractivity (Wildman–Crippen MR) is 93.9 cm³/mol. The molecule has 0 fully saturated rings. The van der Waals surface area contributed by atoms with Gasteiger partial charge in [0.15, 0.2) is 5.76 Å². The summed E-state index contributed by atoms with van der Waals surface area (Å²) in [5.41, 5.74) is 1.57. The molecule has 5 nitrogen and oxygen atoms in total. The van der Waals surface area contributed by atoms with Crippen LogP contribution in [-0.2, 0) is 0 Å². The molecule has 3 rings (SSSR count). The molecule has 0 atom stereocenters. The quantitative estimate of drug-likeness (QED) is 0.737. The van der Waals surface area contributed by atoms with Gasteiger partial charge in [-0.2, -0.15) is 5.10 Å². The molecule has 124 valence electrons. The highest BCUT2D eigenvalue weighted by Gasteiger charge is 2.19. The SMILES string of the molecule is CC(C)NC(=O)c1cc(-c2ccco2)nn1-c1ccc(Cl)c(Cl)c1. The number of nitrogens with one attached hydrogen (secondary N) is 1. The maximum absolute atomic E-state index is 12.5. The number of amides is 1. The maximum atomic E-state index is 12.5. The molecule has 24 heavy (non-hydrogen) atoms. The van der Waals surface area contributed by atoms with E-state index in [1.165, 1.54) is 4.68 Å². The van der Waals surface area contributed by atoms with Crippen molar-refractivity contribution in [3.05, 3.63) is 58.4 Å². The lowest BCUT2D eigenvalue weighted by atomic mass is 10.2. The fraction of sp³-hybridized carbons (Fsp3) is 0.176. The van der Waals surface area contributed by atoms with Crippen molar-refractivity contribution < 1.29 is 9.21 Å². The fourth-order valence-corrected chi connectivity index (χ4v) is 2.53. The number of carbonyl (C=O) groups excluding carboxylic acids is 1. The van der Waals surface area contributed by atoms with Crippen LogP contribution in [-0.4, -0.2) is 21.7 Å². The first-order chi connectivity index (χ1) is 11.5. The summed E-state index contributed by atoms with van der Waals surface area (Å²) in [6, 6.07) is 10.3. The number of aromatic nitrogens is 2. The standard InChI is InChI=1S/C17H15Cl2N3O2/c1-10(2)20-17(23)15-9-14(16-4-3-7-24-16)21-22(15)11-5-6-12(18)13(19)8-11/h3-10H,1-2H3,(H,20,23). The van der Waals surface area contributed by atoms with Gasteiger partial charge in [0.1, 0.15) is 11.4 Å². The summed E-state index contributed by atoms with van der Waals surface area (Å²) in [7, 11) is 0. The van der Waals surface area contributed by atoms with Crippen molar-refractivity contribution in [3.63, 3.8) is 0 Å². The van der Waals surface area contributed by atoms with Gasteiger partial charge in [-0.25, -0.2) is 4.68 Å². The monoisotopic (exact) mass is 363 g/mol. The number of furan rings is 1. The average Bonchev–Trinajstić information content (AvgIpc) is 3.17. The predicted octanol–water partition coefficient (Wildman–Crippen LogP) is 4.58. The zero-order valence-corrected chi connectivity index (χ0v) is 14.6. The van der Waals surface area contributed by atoms with E-state index < -0.39 is 0 Å². The second kappa shape index (κ2) is 6.71. The van der Waals surface area contributed by atoms with Crippen molar-refractivity contribution >= 4 is 29.1 Å². The minimum atomic E-state index is -0.235. The van der Waals surface area contributed by atoms with Crippen LogP contribution in [0.2, 0.25) is 10.0 Å². The second-order valence-corrected chi connectivity index (χ2v) is 6.34.